The highest BCUT2D eigenvalue weighted by Crippen LogP contribution is 2.35. The van der Waals surface area contributed by atoms with Crippen molar-refractivity contribution in [2.45, 2.75) is 75.5 Å². The molecule has 4 nitrogen and oxygen atoms in total. The molecule has 25 heavy (non-hydrogen) atoms. The van der Waals surface area contributed by atoms with Gasteiger partial charge in [-0.1, -0.05) is 25.7 Å². The summed E-state index contributed by atoms with van der Waals surface area (Å²) in [5.41, 5.74) is 1.94. The number of hydrogen-bond acceptors (Lipinski definition) is 3. The smallest absolute Gasteiger partial charge is 0.180 e. The van der Waals surface area contributed by atoms with E-state index in [4.69, 9.17) is 4.98 Å². The van der Waals surface area contributed by atoms with Crippen LogP contribution in [-0.2, 0) is 22.8 Å². The van der Waals surface area contributed by atoms with Gasteiger partial charge in [-0.3, -0.25) is 0 Å². The minimum absolute atomic E-state index is 0.401. The SMILES string of the molecule is CC(C)S(=O)(=O)c1ccc2c(c1)nc(CC1CCCC1)n2CC1CC1. The average molecular weight is 361 g/mol. The van der Waals surface area contributed by atoms with Crippen molar-refractivity contribution in [3.63, 3.8) is 0 Å². The monoisotopic (exact) mass is 360 g/mol. The van der Waals surface area contributed by atoms with Gasteiger partial charge in [0, 0.05) is 13.0 Å². The number of nitrogens with zero attached hydrogens (tertiary/aromatic N) is 2. The standard InChI is InChI=1S/C20H28N2O2S/c1-14(2)25(23,24)17-9-10-19-18(12-17)21-20(11-15-5-3-4-6-15)22(19)13-16-7-8-16/h9-10,12,14-16H,3-8,11,13H2,1-2H3. The molecular weight excluding hydrogens is 332 g/mol. The maximum absolute atomic E-state index is 12.5. The number of aromatic nitrogens is 2. The topological polar surface area (TPSA) is 52.0 Å². The highest BCUT2D eigenvalue weighted by atomic mass is 32.2. The third kappa shape index (κ3) is 3.35. The van der Waals surface area contributed by atoms with Crippen molar-refractivity contribution in [3.8, 4) is 0 Å². The molecule has 1 aromatic heterocycles. The number of hydrogen-bond donors (Lipinski definition) is 0. The van der Waals surface area contributed by atoms with Crippen molar-refractivity contribution < 1.29 is 8.42 Å². The largest absolute Gasteiger partial charge is 0.328 e. The van der Waals surface area contributed by atoms with Crippen LogP contribution in [0.5, 0.6) is 0 Å². The lowest BCUT2D eigenvalue weighted by atomic mass is 10.0. The zero-order chi connectivity index (χ0) is 17.6. The van der Waals surface area contributed by atoms with Crippen LogP contribution in [-0.4, -0.2) is 23.2 Å². The molecular formula is C20H28N2O2S. The van der Waals surface area contributed by atoms with Crippen molar-refractivity contribution in [3.05, 3.63) is 24.0 Å². The number of sulfone groups is 1. The van der Waals surface area contributed by atoms with Crippen molar-refractivity contribution in [1.82, 2.24) is 9.55 Å². The average Bonchev–Trinajstić information content (AvgIpc) is 3.13. The molecule has 0 N–H and O–H groups in total. The quantitative estimate of drug-likeness (QED) is 0.769. The Bertz CT molecular complexity index is 872. The van der Waals surface area contributed by atoms with Crippen LogP contribution in [0.4, 0.5) is 0 Å². The second kappa shape index (κ2) is 6.42. The first kappa shape index (κ1) is 17.1. The van der Waals surface area contributed by atoms with Crippen LogP contribution >= 0.6 is 0 Å². The number of benzene rings is 1. The first-order valence-corrected chi connectivity index (χ1v) is 11.2. The van der Waals surface area contributed by atoms with E-state index in [0.29, 0.717) is 4.90 Å². The van der Waals surface area contributed by atoms with Gasteiger partial charge in [-0.2, -0.15) is 0 Å². The molecule has 0 radical (unpaired) electrons. The van der Waals surface area contributed by atoms with Gasteiger partial charge in [0.1, 0.15) is 5.82 Å². The molecule has 4 rings (SSSR count). The van der Waals surface area contributed by atoms with Crippen LogP contribution in [0.1, 0.15) is 58.2 Å². The Labute approximate surface area is 150 Å². The van der Waals surface area contributed by atoms with Crippen molar-refractivity contribution in [2.75, 3.05) is 0 Å². The Kier molecular flexibility index (Phi) is 4.38. The Morgan fingerprint density at radius 1 is 1.12 bits per heavy atom. The summed E-state index contributed by atoms with van der Waals surface area (Å²) in [6.45, 7) is 4.50. The van der Waals surface area contributed by atoms with E-state index in [2.05, 4.69) is 4.57 Å². The second-order valence-electron chi connectivity index (χ2n) is 8.18. The normalized spacial score (nSPS) is 19.3. The van der Waals surface area contributed by atoms with Gasteiger partial charge < -0.3 is 4.57 Å². The predicted molar refractivity (Wildman–Crippen MR) is 100 cm³/mol. The highest BCUT2D eigenvalue weighted by Gasteiger charge is 2.27. The van der Waals surface area contributed by atoms with Crippen molar-refractivity contribution >= 4 is 20.9 Å². The molecule has 0 saturated heterocycles. The van der Waals surface area contributed by atoms with Crippen LogP contribution < -0.4 is 0 Å². The molecule has 2 aliphatic carbocycles. The summed E-state index contributed by atoms with van der Waals surface area (Å²) in [5, 5.41) is -0.406. The van der Waals surface area contributed by atoms with Crippen LogP contribution in [0, 0.1) is 11.8 Å². The number of fused-ring (bicyclic) bond motifs is 1. The Hall–Kier alpha value is -1.36. The molecule has 0 spiro atoms. The summed E-state index contributed by atoms with van der Waals surface area (Å²) in [6.07, 6.45) is 8.94. The summed E-state index contributed by atoms with van der Waals surface area (Å²) in [7, 11) is -3.25. The maximum atomic E-state index is 12.5. The van der Waals surface area contributed by atoms with E-state index >= 15 is 0 Å². The van der Waals surface area contributed by atoms with Gasteiger partial charge in [-0.25, -0.2) is 13.4 Å². The highest BCUT2D eigenvalue weighted by molar-refractivity contribution is 7.92. The first-order valence-electron chi connectivity index (χ1n) is 9.68. The molecule has 5 heteroatoms. The molecule has 2 fully saturated rings. The molecule has 136 valence electrons. The lowest BCUT2D eigenvalue weighted by molar-refractivity contribution is 0.504. The van der Waals surface area contributed by atoms with Crippen LogP contribution in [0.3, 0.4) is 0 Å². The third-order valence-electron chi connectivity index (χ3n) is 5.83. The summed E-state index contributed by atoms with van der Waals surface area (Å²) in [5.74, 6) is 2.68. The van der Waals surface area contributed by atoms with Gasteiger partial charge in [-0.05, 0) is 56.7 Å². The predicted octanol–water partition coefficient (Wildman–Crippen LogP) is 4.36. The molecule has 1 heterocycles. The summed E-state index contributed by atoms with van der Waals surface area (Å²) < 4.78 is 27.4. The summed E-state index contributed by atoms with van der Waals surface area (Å²) in [4.78, 5) is 5.29. The molecule has 0 amide bonds. The molecule has 0 unspecified atom stereocenters. The Morgan fingerprint density at radius 2 is 1.84 bits per heavy atom. The fourth-order valence-electron chi connectivity index (χ4n) is 4.00. The fourth-order valence-corrected chi connectivity index (χ4v) is 5.08. The van der Waals surface area contributed by atoms with Gasteiger partial charge >= 0.3 is 0 Å². The van der Waals surface area contributed by atoms with Gasteiger partial charge in [0.2, 0.25) is 0 Å². The molecule has 0 bridgehead atoms. The zero-order valence-electron chi connectivity index (χ0n) is 15.2. The van der Waals surface area contributed by atoms with Crippen molar-refractivity contribution in [2.24, 2.45) is 11.8 Å². The van der Waals surface area contributed by atoms with Crippen LogP contribution in [0.2, 0.25) is 0 Å². The molecule has 2 saturated carbocycles. The minimum atomic E-state index is -3.25. The van der Waals surface area contributed by atoms with Gasteiger partial charge in [0.25, 0.3) is 0 Å². The molecule has 0 aliphatic heterocycles. The van der Waals surface area contributed by atoms with E-state index in [1.54, 1.807) is 26.0 Å². The van der Waals surface area contributed by atoms with Gasteiger partial charge in [-0.15, -0.1) is 0 Å². The summed E-state index contributed by atoms with van der Waals surface area (Å²) >= 11 is 0. The summed E-state index contributed by atoms with van der Waals surface area (Å²) in [6, 6.07) is 5.52. The maximum Gasteiger partial charge on any atom is 0.180 e. The van der Waals surface area contributed by atoms with E-state index in [1.165, 1.54) is 38.5 Å². The lowest BCUT2D eigenvalue weighted by Crippen LogP contribution is -2.13. The number of rotatable bonds is 6. The Morgan fingerprint density at radius 3 is 2.48 bits per heavy atom. The lowest BCUT2D eigenvalue weighted by Gasteiger charge is -2.12. The molecule has 2 aliphatic rings. The van der Waals surface area contributed by atoms with E-state index in [0.717, 1.165) is 41.7 Å². The second-order valence-corrected chi connectivity index (χ2v) is 10.7. The minimum Gasteiger partial charge on any atom is -0.328 e. The van der Waals surface area contributed by atoms with Crippen LogP contribution in [0.25, 0.3) is 11.0 Å². The van der Waals surface area contributed by atoms with Gasteiger partial charge in [0.15, 0.2) is 9.84 Å². The van der Waals surface area contributed by atoms with E-state index in [-0.39, 0.29) is 0 Å². The molecule has 2 aromatic rings. The van der Waals surface area contributed by atoms with Crippen LogP contribution in [0.15, 0.2) is 23.1 Å². The fraction of sp³-hybridized carbons (Fsp3) is 0.650. The Balaban J connectivity index is 1.74. The van der Waals surface area contributed by atoms with E-state index in [1.807, 2.05) is 6.07 Å². The zero-order valence-corrected chi connectivity index (χ0v) is 16.1. The van der Waals surface area contributed by atoms with E-state index in [9.17, 15) is 8.42 Å². The third-order valence-corrected chi connectivity index (χ3v) is 7.98. The van der Waals surface area contributed by atoms with E-state index < -0.39 is 15.1 Å². The van der Waals surface area contributed by atoms with Crippen molar-refractivity contribution in [1.29, 1.82) is 0 Å². The first-order chi connectivity index (χ1) is 11.9. The van der Waals surface area contributed by atoms with Gasteiger partial charge in [0.05, 0.1) is 21.2 Å². The number of imidazole rings is 1. The molecule has 1 aromatic carbocycles. The molecule has 0 atom stereocenters.